The number of carbonyl (C=O) groups excluding carboxylic acids is 3. The number of aromatic amines is 1. The summed E-state index contributed by atoms with van der Waals surface area (Å²) in [6, 6.07) is 12.1. The maximum atomic E-state index is 11.5. The van der Waals surface area contributed by atoms with Gasteiger partial charge < -0.3 is 15.0 Å². The highest BCUT2D eigenvalue weighted by atomic mass is 16.5. The van der Waals surface area contributed by atoms with Crippen molar-refractivity contribution in [3.05, 3.63) is 54.4 Å². The fourth-order valence-corrected chi connectivity index (χ4v) is 1.61. The number of rotatable bonds is 6. The van der Waals surface area contributed by atoms with Crippen LogP contribution in [0.4, 0.5) is 0 Å². The molecule has 0 saturated carbocycles. The number of H-pyrrole nitrogens is 1. The van der Waals surface area contributed by atoms with E-state index in [0.717, 1.165) is 0 Å². The normalized spacial score (nSPS) is 9.74. The van der Waals surface area contributed by atoms with Crippen LogP contribution in [0.15, 0.2) is 48.7 Å². The van der Waals surface area contributed by atoms with E-state index in [1.807, 2.05) is 6.07 Å². The molecule has 2 rings (SSSR count). The smallest absolute Gasteiger partial charge is 0.286 e. The number of hydrazine groups is 1. The van der Waals surface area contributed by atoms with Gasteiger partial charge in [-0.15, -0.1) is 0 Å². The number of carbonyl (C=O) groups is 3. The van der Waals surface area contributed by atoms with E-state index >= 15 is 0 Å². The molecule has 0 bridgehead atoms. The summed E-state index contributed by atoms with van der Waals surface area (Å²) in [7, 11) is 0. The summed E-state index contributed by atoms with van der Waals surface area (Å²) in [5.74, 6) is -0.926. The lowest BCUT2D eigenvalue weighted by atomic mass is 10.3. The number of aromatic nitrogens is 1. The van der Waals surface area contributed by atoms with Crippen LogP contribution in [-0.4, -0.2) is 35.9 Å². The van der Waals surface area contributed by atoms with Crippen LogP contribution < -0.4 is 20.9 Å². The second-order valence-electron chi connectivity index (χ2n) is 4.46. The van der Waals surface area contributed by atoms with E-state index in [-0.39, 0.29) is 13.2 Å². The third kappa shape index (κ3) is 5.54. The molecule has 0 spiro atoms. The van der Waals surface area contributed by atoms with Crippen LogP contribution >= 0.6 is 0 Å². The first-order valence-electron chi connectivity index (χ1n) is 6.82. The van der Waals surface area contributed by atoms with Gasteiger partial charge in [-0.2, -0.15) is 0 Å². The molecule has 0 aliphatic rings. The Labute approximate surface area is 132 Å². The summed E-state index contributed by atoms with van der Waals surface area (Å²) >= 11 is 0. The topological polar surface area (TPSA) is 112 Å². The van der Waals surface area contributed by atoms with Crippen molar-refractivity contribution in [2.75, 3.05) is 13.2 Å². The summed E-state index contributed by atoms with van der Waals surface area (Å²) in [6.45, 7) is -0.478. The lowest BCUT2D eigenvalue weighted by molar-refractivity contribution is -0.127. The largest absolute Gasteiger partial charge is 0.484 e. The zero-order chi connectivity index (χ0) is 16.5. The maximum Gasteiger partial charge on any atom is 0.286 e. The first kappa shape index (κ1) is 16.1. The van der Waals surface area contributed by atoms with E-state index in [9.17, 15) is 14.4 Å². The third-order valence-corrected chi connectivity index (χ3v) is 2.72. The minimum absolute atomic E-state index is 0.202. The zero-order valence-electron chi connectivity index (χ0n) is 12.2. The van der Waals surface area contributed by atoms with Gasteiger partial charge in [-0.25, -0.2) is 0 Å². The fraction of sp³-hybridized carbons (Fsp3) is 0.133. The van der Waals surface area contributed by atoms with Crippen LogP contribution in [-0.2, 0) is 9.59 Å². The van der Waals surface area contributed by atoms with Crippen molar-refractivity contribution in [2.24, 2.45) is 0 Å². The standard InChI is InChI=1S/C15H16N4O4/c20-13(18-19-15(22)12-7-4-8-16-12)9-17-14(21)10-23-11-5-2-1-3-6-11/h1-8,16H,9-10H2,(H,17,21)(H,18,20)(H,19,22). The fourth-order valence-electron chi connectivity index (χ4n) is 1.61. The van der Waals surface area contributed by atoms with E-state index in [2.05, 4.69) is 21.2 Å². The molecule has 1 aromatic carbocycles. The molecular formula is C15H16N4O4. The van der Waals surface area contributed by atoms with E-state index < -0.39 is 17.7 Å². The molecule has 1 heterocycles. The van der Waals surface area contributed by atoms with Crippen LogP contribution in [0.2, 0.25) is 0 Å². The summed E-state index contributed by atoms with van der Waals surface area (Å²) in [6.07, 6.45) is 1.59. The molecule has 4 N–H and O–H groups in total. The number of ether oxygens (including phenoxy) is 1. The molecule has 0 unspecified atom stereocenters. The van der Waals surface area contributed by atoms with E-state index in [1.54, 1.807) is 42.6 Å². The van der Waals surface area contributed by atoms with E-state index in [1.165, 1.54) is 0 Å². The highest BCUT2D eigenvalue weighted by Crippen LogP contribution is 2.07. The van der Waals surface area contributed by atoms with Gasteiger partial charge in [-0.3, -0.25) is 25.2 Å². The predicted octanol–water partition coefficient (Wildman–Crippen LogP) is -0.0291. The third-order valence-electron chi connectivity index (χ3n) is 2.72. The van der Waals surface area contributed by atoms with E-state index in [4.69, 9.17) is 4.74 Å². The van der Waals surface area contributed by atoms with Gasteiger partial charge in [0.15, 0.2) is 6.61 Å². The SMILES string of the molecule is O=C(COc1ccccc1)NCC(=O)NNC(=O)c1ccc[nH]1. The first-order chi connectivity index (χ1) is 11.1. The molecule has 2 aromatic rings. The molecule has 8 heteroatoms. The van der Waals surface area contributed by atoms with Crippen molar-refractivity contribution >= 4 is 17.7 Å². The van der Waals surface area contributed by atoms with Crippen LogP contribution in [0, 0.1) is 0 Å². The van der Waals surface area contributed by atoms with Crippen molar-refractivity contribution in [1.82, 2.24) is 21.2 Å². The highest BCUT2D eigenvalue weighted by Gasteiger charge is 2.09. The van der Waals surface area contributed by atoms with E-state index in [0.29, 0.717) is 11.4 Å². The minimum Gasteiger partial charge on any atom is -0.484 e. The Kier molecular flexibility index (Phi) is 5.75. The summed E-state index contributed by atoms with van der Waals surface area (Å²) in [5.41, 5.74) is 4.71. The Morgan fingerprint density at radius 2 is 1.74 bits per heavy atom. The molecule has 1 aromatic heterocycles. The second kappa shape index (κ2) is 8.23. The molecule has 0 fully saturated rings. The van der Waals surface area contributed by atoms with Gasteiger partial charge in [0.1, 0.15) is 11.4 Å². The number of hydrogen-bond donors (Lipinski definition) is 4. The molecule has 3 amide bonds. The van der Waals surface area contributed by atoms with Crippen LogP contribution in [0.1, 0.15) is 10.5 Å². The Morgan fingerprint density at radius 1 is 0.957 bits per heavy atom. The molecule has 0 saturated heterocycles. The number of para-hydroxylation sites is 1. The van der Waals surface area contributed by atoms with Crippen molar-refractivity contribution in [2.45, 2.75) is 0 Å². The van der Waals surface area contributed by atoms with Crippen LogP contribution in [0.25, 0.3) is 0 Å². The summed E-state index contributed by atoms with van der Waals surface area (Å²) in [4.78, 5) is 37.3. The van der Waals surface area contributed by atoms with Gasteiger partial charge in [0, 0.05) is 6.20 Å². The Hall–Kier alpha value is -3.29. The molecule has 23 heavy (non-hydrogen) atoms. The molecule has 0 atom stereocenters. The lowest BCUT2D eigenvalue weighted by Crippen LogP contribution is -2.47. The van der Waals surface area contributed by atoms with Crippen molar-refractivity contribution in [3.63, 3.8) is 0 Å². The first-order valence-corrected chi connectivity index (χ1v) is 6.82. The van der Waals surface area contributed by atoms with Gasteiger partial charge in [0.05, 0.1) is 6.54 Å². The average Bonchev–Trinajstić information content (AvgIpc) is 3.11. The Bertz CT molecular complexity index is 655. The number of hydrogen-bond acceptors (Lipinski definition) is 4. The summed E-state index contributed by atoms with van der Waals surface area (Å²) in [5, 5.41) is 2.38. The molecule has 120 valence electrons. The number of amides is 3. The van der Waals surface area contributed by atoms with Crippen molar-refractivity contribution < 1.29 is 19.1 Å². The minimum atomic E-state index is -0.557. The van der Waals surface area contributed by atoms with Gasteiger partial charge in [-0.1, -0.05) is 18.2 Å². The Morgan fingerprint density at radius 3 is 2.43 bits per heavy atom. The number of nitrogens with one attached hydrogen (secondary N) is 4. The highest BCUT2D eigenvalue weighted by molar-refractivity contribution is 5.94. The van der Waals surface area contributed by atoms with Crippen LogP contribution in [0.5, 0.6) is 5.75 Å². The molecule has 8 nitrogen and oxygen atoms in total. The van der Waals surface area contributed by atoms with Crippen LogP contribution in [0.3, 0.4) is 0 Å². The molecular weight excluding hydrogens is 300 g/mol. The monoisotopic (exact) mass is 316 g/mol. The zero-order valence-corrected chi connectivity index (χ0v) is 12.2. The second-order valence-corrected chi connectivity index (χ2v) is 4.46. The molecule has 0 aliphatic carbocycles. The van der Waals surface area contributed by atoms with Gasteiger partial charge in [0.2, 0.25) is 0 Å². The Balaban J connectivity index is 1.62. The molecule has 0 radical (unpaired) electrons. The average molecular weight is 316 g/mol. The number of benzene rings is 1. The molecule has 0 aliphatic heterocycles. The van der Waals surface area contributed by atoms with Gasteiger partial charge >= 0.3 is 0 Å². The van der Waals surface area contributed by atoms with Gasteiger partial charge in [0.25, 0.3) is 17.7 Å². The quantitative estimate of drug-likeness (QED) is 0.561. The predicted molar refractivity (Wildman–Crippen MR) is 81.3 cm³/mol. The van der Waals surface area contributed by atoms with Gasteiger partial charge in [-0.05, 0) is 24.3 Å². The summed E-state index contributed by atoms with van der Waals surface area (Å²) < 4.78 is 5.23. The maximum absolute atomic E-state index is 11.5. The lowest BCUT2D eigenvalue weighted by Gasteiger charge is -2.08. The van der Waals surface area contributed by atoms with Crippen molar-refractivity contribution in [3.8, 4) is 5.75 Å². The van der Waals surface area contributed by atoms with Crippen molar-refractivity contribution in [1.29, 1.82) is 0 Å².